The van der Waals surface area contributed by atoms with Crippen LogP contribution in [-0.2, 0) is 6.42 Å². The lowest BCUT2D eigenvalue weighted by molar-refractivity contribution is 0.940. The third-order valence-electron chi connectivity index (χ3n) is 3.20. The van der Waals surface area contributed by atoms with Crippen molar-refractivity contribution in [1.29, 1.82) is 0 Å². The lowest BCUT2D eigenvalue weighted by Crippen LogP contribution is -2.08. The molecule has 0 saturated carbocycles. The zero-order valence-electron chi connectivity index (χ0n) is 11.9. The van der Waals surface area contributed by atoms with E-state index in [-0.39, 0.29) is 0 Å². The number of anilines is 2. The lowest BCUT2D eigenvalue weighted by Gasteiger charge is -2.14. The number of aromatic nitrogens is 2. The fourth-order valence-corrected chi connectivity index (χ4v) is 1.94. The van der Waals surface area contributed by atoms with Gasteiger partial charge in [-0.25, -0.2) is 9.97 Å². The van der Waals surface area contributed by atoms with Crippen LogP contribution < -0.4 is 10.6 Å². The van der Waals surface area contributed by atoms with E-state index in [9.17, 15) is 0 Å². The smallest absolute Gasteiger partial charge is 0.131 e. The van der Waals surface area contributed by atoms with Gasteiger partial charge in [-0.1, -0.05) is 19.1 Å². The van der Waals surface area contributed by atoms with Gasteiger partial charge in [-0.05, 0) is 19.1 Å². The van der Waals surface area contributed by atoms with E-state index in [2.05, 4.69) is 39.1 Å². The van der Waals surface area contributed by atoms with E-state index in [1.807, 2.05) is 27.9 Å². The van der Waals surface area contributed by atoms with Crippen LogP contribution >= 0.6 is 0 Å². The number of hydrogen-bond acceptors (Lipinski definition) is 4. The van der Waals surface area contributed by atoms with Gasteiger partial charge in [-0.2, -0.15) is 0 Å². The van der Waals surface area contributed by atoms with Gasteiger partial charge in [0.1, 0.15) is 11.6 Å². The normalized spacial score (nSPS) is 10.5. The minimum absolute atomic E-state index is 0.568. The van der Waals surface area contributed by atoms with Crippen molar-refractivity contribution in [1.82, 2.24) is 9.97 Å². The van der Waals surface area contributed by atoms with Gasteiger partial charge in [0, 0.05) is 37.3 Å². The Bertz CT molecular complexity index is 573. The minimum Gasteiger partial charge on any atom is -0.383 e. The van der Waals surface area contributed by atoms with Crippen LogP contribution in [0.25, 0.3) is 11.3 Å². The van der Waals surface area contributed by atoms with Gasteiger partial charge in [0.05, 0.1) is 5.69 Å². The molecule has 0 aliphatic carbocycles. The second kappa shape index (κ2) is 5.26. The molecule has 0 radical (unpaired) electrons. The summed E-state index contributed by atoms with van der Waals surface area (Å²) in [4.78, 5) is 10.9. The molecule has 0 spiro atoms. The Labute approximate surface area is 114 Å². The number of rotatable bonds is 3. The van der Waals surface area contributed by atoms with Crippen LogP contribution in [0.1, 0.15) is 18.3 Å². The Balaban J connectivity index is 2.49. The molecule has 0 fully saturated rings. The summed E-state index contributed by atoms with van der Waals surface area (Å²) in [6, 6.07) is 8.31. The molecule has 19 heavy (non-hydrogen) atoms. The summed E-state index contributed by atoms with van der Waals surface area (Å²) in [5.41, 5.74) is 10.1. The number of nitrogens with zero attached hydrogens (tertiary/aromatic N) is 3. The third kappa shape index (κ3) is 2.67. The Morgan fingerprint density at radius 2 is 1.74 bits per heavy atom. The predicted octanol–water partition coefficient (Wildman–Crippen LogP) is 2.66. The van der Waals surface area contributed by atoms with Gasteiger partial charge in [-0.15, -0.1) is 0 Å². The van der Waals surface area contributed by atoms with Crippen molar-refractivity contribution in [2.75, 3.05) is 24.7 Å². The first-order valence-electron chi connectivity index (χ1n) is 6.43. The summed E-state index contributed by atoms with van der Waals surface area (Å²) < 4.78 is 0. The Morgan fingerprint density at radius 1 is 1.11 bits per heavy atom. The van der Waals surface area contributed by atoms with Crippen molar-refractivity contribution in [2.24, 2.45) is 0 Å². The number of hydrogen-bond donors (Lipinski definition) is 1. The van der Waals surface area contributed by atoms with Crippen LogP contribution in [0.3, 0.4) is 0 Å². The highest BCUT2D eigenvalue weighted by molar-refractivity contribution is 5.69. The van der Waals surface area contributed by atoms with Crippen LogP contribution in [0.2, 0.25) is 0 Å². The van der Waals surface area contributed by atoms with Gasteiger partial charge in [0.2, 0.25) is 0 Å². The molecule has 0 saturated heterocycles. The molecule has 4 nitrogen and oxygen atoms in total. The fourth-order valence-electron chi connectivity index (χ4n) is 1.94. The summed E-state index contributed by atoms with van der Waals surface area (Å²) in [7, 11) is 4.05. The molecule has 0 atom stereocenters. The van der Waals surface area contributed by atoms with E-state index < -0.39 is 0 Å². The summed E-state index contributed by atoms with van der Waals surface area (Å²) in [6.45, 7) is 3.99. The third-order valence-corrected chi connectivity index (χ3v) is 3.20. The van der Waals surface area contributed by atoms with Crippen LogP contribution in [-0.4, -0.2) is 24.1 Å². The van der Waals surface area contributed by atoms with Crippen molar-refractivity contribution in [3.8, 4) is 11.3 Å². The van der Waals surface area contributed by atoms with Gasteiger partial charge in [-0.3, -0.25) is 0 Å². The van der Waals surface area contributed by atoms with Crippen molar-refractivity contribution >= 4 is 11.5 Å². The molecule has 0 unspecified atom stereocenters. The first-order valence-corrected chi connectivity index (χ1v) is 6.43. The number of nitrogens with two attached hydrogens (primary N) is 1. The van der Waals surface area contributed by atoms with E-state index in [0.29, 0.717) is 5.82 Å². The van der Waals surface area contributed by atoms with Crippen LogP contribution in [0.15, 0.2) is 24.3 Å². The zero-order valence-corrected chi connectivity index (χ0v) is 11.9. The molecule has 0 amide bonds. The van der Waals surface area contributed by atoms with Gasteiger partial charge < -0.3 is 10.6 Å². The molecule has 1 heterocycles. The van der Waals surface area contributed by atoms with Crippen LogP contribution in [0.5, 0.6) is 0 Å². The molecule has 100 valence electrons. The maximum atomic E-state index is 5.95. The van der Waals surface area contributed by atoms with E-state index >= 15 is 0 Å². The molecular formula is C15H20N4. The zero-order chi connectivity index (χ0) is 14.0. The van der Waals surface area contributed by atoms with Crippen LogP contribution in [0.4, 0.5) is 11.5 Å². The van der Waals surface area contributed by atoms with Crippen molar-refractivity contribution in [2.45, 2.75) is 20.3 Å². The summed E-state index contributed by atoms with van der Waals surface area (Å²) in [6.07, 6.45) is 0.785. The van der Waals surface area contributed by atoms with Gasteiger partial charge >= 0.3 is 0 Å². The SMILES string of the molecule is CCc1nc(N)c(C)c(-c2ccc(N(C)C)cc2)n1. The minimum atomic E-state index is 0.568. The molecular weight excluding hydrogens is 236 g/mol. The lowest BCUT2D eigenvalue weighted by atomic mass is 10.1. The maximum Gasteiger partial charge on any atom is 0.131 e. The van der Waals surface area contributed by atoms with E-state index in [0.717, 1.165) is 29.1 Å². The number of aryl methyl sites for hydroxylation is 1. The fraction of sp³-hybridized carbons (Fsp3) is 0.333. The first kappa shape index (κ1) is 13.3. The Morgan fingerprint density at radius 3 is 2.26 bits per heavy atom. The second-order valence-corrected chi connectivity index (χ2v) is 4.79. The second-order valence-electron chi connectivity index (χ2n) is 4.79. The molecule has 4 heteroatoms. The van der Waals surface area contributed by atoms with Crippen molar-refractivity contribution in [3.63, 3.8) is 0 Å². The molecule has 0 aliphatic heterocycles. The van der Waals surface area contributed by atoms with Crippen molar-refractivity contribution in [3.05, 3.63) is 35.7 Å². The largest absolute Gasteiger partial charge is 0.383 e. The highest BCUT2D eigenvalue weighted by atomic mass is 15.1. The Kier molecular flexibility index (Phi) is 3.69. The maximum absolute atomic E-state index is 5.95. The Hall–Kier alpha value is -2.10. The first-order chi connectivity index (χ1) is 9.02. The van der Waals surface area contributed by atoms with E-state index in [4.69, 9.17) is 5.73 Å². The van der Waals surface area contributed by atoms with Crippen LogP contribution in [0, 0.1) is 6.92 Å². The standard InChI is InChI=1S/C15H20N4/c1-5-13-17-14(10(2)15(16)18-13)11-6-8-12(9-7-11)19(3)4/h6-9H,5H2,1-4H3,(H2,16,17,18). The molecule has 1 aromatic heterocycles. The summed E-state index contributed by atoms with van der Waals surface area (Å²) in [5, 5.41) is 0. The number of nitrogen functional groups attached to an aromatic ring is 1. The topological polar surface area (TPSA) is 55.0 Å². The molecule has 0 bridgehead atoms. The highest BCUT2D eigenvalue weighted by Crippen LogP contribution is 2.26. The molecule has 2 aromatic rings. The molecule has 2 N–H and O–H groups in total. The quantitative estimate of drug-likeness (QED) is 0.917. The van der Waals surface area contributed by atoms with Gasteiger partial charge in [0.15, 0.2) is 0 Å². The summed E-state index contributed by atoms with van der Waals surface area (Å²) in [5.74, 6) is 1.35. The highest BCUT2D eigenvalue weighted by Gasteiger charge is 2.10. The molecule has 2 rings (SSSR count). The van der Waals surface area contributed by atoms with Crippen molar-refractivity contribution < 1.29 is 0 Å². The average Bonchev–Trinajstić information content (AvgIpc) is 2.41. The number of benzene rings is 1. The summed E-state index contributed by atoms with van der Waals surface area (Å²) >= 11 is 0. The van der Waals surface area contributed by atoms with Gasteiger partial charge in [0.25, 0.3) is 0 Å². The van der Waals surface area contributed by atoms with E-state index in [1.54, 1.807) is 0 Å². The predicted molar refractivity (Wildman–Crippen MR) is 80.3 cm³/mol. The average molecular weight is 256 g/mol. The monoisotopic (exact) mass is 256 g/mol. The van der Waals surface area contributed by atoms with E-state index in [1.165, 1.54) is 5.69 Å². The molecule has 0 aliphatic rings. The molecule has 1 aromatic carbocycles.